The number of rotatable bonds is 48. The molecule has 0 radical (unpaired) electrons. The van der Waals surface area contributed by atoms with Crippen LogP contribution in [0.4, 0.5) is 0 Å². The Morgan fingerprint density at radius 2 is 0.881 bits per heavy atom. The zero-order chi connectivity index (χ0) is 43.4. The van der Waals surface area contributed by atoms with Crippen LogP contribution in [0, 0.1) is 0 Å². The first kappa shape index (κ1) is 58.2. The summed E-state index contributed by atoms with van der Waals surface area (Å²) in [5.41, 5.74) is 0. The average molecular weight is 858 g/mol. The number of esters is 1. The lowest BCUT2D eigenvalue weighted by atomic mass is 10.0. The maximum atomic E-state index is 12.7. The first-order valence-corrected chi connectivity index (χ1v) is 26.9. The molecule has 0 aliphatic carbocycles. The van der Waals surface area contributed by atoms with Crippen LogP contribution < -0.4 is 4.89 Å². The van der Waals surface area contributed by atoms with Crippen molar-refractivity contribution in [1.29, 1.82) is 0 Å². The number of hydrogen-bond acceptors (Lipinski definition) is 7. The first-order chi connectivity index (χ1) is 28.6. The van der Waals surface area contributed by atoms with E-state index in [4.69, 9.17) is 18.5 Å². The summed E-state index contributed by atoms with van der Waals surface area (Å²) in [7, 11) is 1.37. The van der Waals surface area contributed by atoms with Gasteiger partial charge in [-0.2, -0.15) is 0 Å². The molecule has 0 saturated carbocycles. The highest BCUT2D eigenvalue weighted by Gasteiger charge is 2.20. The molecule has 0 aromatic heterocycles. The Kier molecular flexibility index (Phi) is 43.3. The molecule has 0 N–H and O–H groups in total. The summed E-state index contributed by atoms with van der Waals surface area (Å²) in [6.45, 7) is 5.43. The Morgan fingerprint density at radius 1 is 0.508 bits per heavy atom. The van der Waals surface area contributed by atoms with Crippen molar-refractivity contribution in [2.45, 2.75) is 251 Å². The Hall–Kier alpha value is -0.760. The van der Waals surface area contributed by atoms with E-state index in [-0.39, 0.29) is 25.8 Å². The van der Waals surface area contributed by atoms with Crippen LogP contribution in [0.2, 0.25) is 0 Å². The second-order valence-electron chi connectivity index (χ2n) is 18.5. The van der Waals surface area contributed by atoms with Gasteiger partial charge in [-0.3, -0.25) is 9.36 Å². The summed E-state index contributed by atoms with van der Waals surface area (Å²) >= 11 is 0. The third kappa shape index (κ3) is 48.1. The van der Waals surface area contributed by atoms with Gasteiger partial charge in [-0.15, -0.1) is 0 Å². The summed E-state index contributed by atoms with van der Waals surface area (Å²) in [5.74, 6) is -0.330. The molecule has 2 atom stereocenters. The predicted octanol–water partition coefficient (Wildman–Crippen LogP) is 14.8. The zero-order valence-corrected chi connectivity index (χ0v) is 40.9. The van der Waals surface area contributed by atoms with Gasteiger partial charge < -0.3 is 27.9 Å². The van der Waals surface area contributed by atoms with E-state index >= 15 is 0 Å². The summed E-state index contributed by atoms with van der Waals surface area (Å²) < 4.78 is 34.7. The van der Waals surface area contributed by atoms with Gasteiger partial charge in [-0.25, -0.2) is 0 Å². The number of hydrogen-bond donors (Lipinski definition) is 0. The second kappa shape index (κ2) is 43.9. The van der Waals surface area contributed by atoms with Crippen molar-refractivity contribution in [3.8, 4) is 0 Å². The number of nitrogens with zero attached hydrogens (tertiary/aromatic N) is 1. The number of carbonyl (C=O) groups excluding carboxylic acids is 1. The largest absolute Gasteiger partial charge is 0.756 e. The van der Waals surface area contributed by atoms with Crippen molar-refractivity contribution < 1.29 is 37.3 Å². The Bertz CT molecular complexity index is 956. The SMILES string of the molecule is CCCCC/C=C\CCCCCCCCOCC(COP(=O)([O-])OCC[N+](C)(C)C)OC(=O)CCCCCCCCCCCCCCCCCCCCCCCCCC. The summed E-state index contributed by atoms with van der Waals surface area (Å²) in [5, 5.41) is 0. The monoisotopic (exact) mass is 858 g/mol. The van der Waals surface area contributed by atoms with E-state index in [0.717, 1.165) is 32.1 Å². The maximum Gasteiger partial charge on any atom is 0.306 e. The van der Waals surface area contributed by atoms with E-state index in [1.165, 1.54) is 193 Å². The lowest BCUT2D eigenvalue weighted by molar-refractivity contribution is -0.870. The van der Waals surface area contributed by atoms with Crippen LogP contribution in [0.25, 0.3) is 0 Å². The number of phosphoric ester groups is 1. The van der Waals surface area contributed by atoms with Gasteiger partial charge in [0, 0.05) is 13.0 Å². The minimum absolute atomic E-state index is 0.0283. The molecule has 0 aromatic rings. The molecule has 0 aromatic carbocycles. The van der Waals surface area contributed by atoms with E-state index in [1.54, 1.807) is 0 Å². The normalized spacial score (nSPS) is 13.7. The Labute approximate surface area is 367 Å². The van der Waals surface area contributed by atoms with Crippen molar-refractivity contribution in [2.75, 3.05) is 54.1 Å². The zero-order valence-electron chi connectivity index (χ0n) is 40.0. The van der Waals surface area contributed by atoms with E-state index in [9.17, 15) is 14.3 Å². The predicted molar refractivity (Wildman–Crippen MR) is 250 cm³/mol. The molecule has 0 rings (SSSR count). The van der Waals surface area contributed by atoms with Crippen LogP contribution in [-0.4, -0.2) is 70.7 Å². The fourth-order valence-electron chi connectivity index (χ4n) is 7.37. The van der Waals surface area contributed by atoms with Crippen LogP contribution in [0.3, 0.4) is 0 Å². The lowest BCUT2D eigenvalue weighted by Crippen LogP contribution is -2.37. The molecule has 59 heavy (non-hydrogen) atoms. The molecule has 0 aliphatic rings. The van der Waals surface area contributed by atoms with Gasteiger partial charge in [-0.1, -0.05) is 212 Å². The van der Waals surface area contributed by atoms with Gasteiger partial charge in [0.2, 0.25) is 0 Å². The van der Waals surface area contributed by atoms with Gasteiger partial charge in [0.25, 0.3) is 7.82 Å². The lowest BCUT2D eigenvalue weighted by Gasteiger charge is -2.28. The number of quaternary nitrogens is 1. The summed E-state index contributed by atoms with van der Waals surface area (Å²) in [4.78, 5) is 25.1. The number of ether oxygens (including phenoxy) is 2. The molecule has 8 nitrogen and oxygen atoms in total. The van der Waals surface area contributed by atoms with Gasteiger partial charge in [-0.05, 0) is 38.5 Å². The minimum atomic E-state index is -4.52. The molecular formula is C50H100NO7P. The highest BCUT2D eigenvalue weighted by molar-refractivity contribution is 7.45. The van der Waals surface area contributed by atoms with Gasteiger partial charge in [0.1, 0.15) is 19.3 Å². The van der Waals surface area contributed by atoms with Gasteiger partial charge >= 0.3 is 5.97 Å². The molecule has 2 unspecified atom stereocenters. The van der Waals surface area contributed by atoms with Crippen molar-refractivity contribution in [1.82, 2.24) is 0 Å². The average Bonchev–Trinajstić information content (AvgIpc) is 3.19. The molecule has 0 fully saturated rings. The van der Waals surface area contributed by atoms with Crippen molar-refractivity contribution in [2.24, 2.45) is 0 Å². The van der Waals surface area contributed by atoms with Crippen molar-refractivity contribution >= 4 is 13.8 Å². The quantitative estimate of drug-likeness (QED) is 0.0198. The number of unbranched alkanes of at least 4 members (excludes halogenated alkanes) is 32. The van der Waals surface area contributed by atoms with Crippen LogP contribution in [-0.2, 0) is 27.9 Å². The molecule has 0 bridgehead atoms. The molecule has 352 valence electrons. The molecule has 0 aliphatic heterocycles. The summed E-state index contributed by atoms with van der Waals surface area (Å²) in [6.07, 6.45) is 49.5. The second-order valence-corrected chi connectivity index (χ2v) is 19.9. The third-order valence-corrected chi connectivity index (χ3v) is 12.3. The molecule has 9 heteroatoms. The summed E-state index contributed by atoms with van der Waals surface area (Å²) in [6, 6.07) is 0. The van der Waals surface area contributed by atoms with Gasteiger partial charge in [0.05, 0.1) is 34.4 Å². The number of allylic oxidation sites excluding steroid dienone is 2. The minimum Gasteiger partial charge on any atom is -0.756 e. The van der Waals surface area contributed by atoms with Crippen molar-refractivity contribution in [3.63, 3.8) is 0 Å². The number of phosphoric acid groups is 1. The fourth-order valence-corrected chi connectivity index (χ4v) is 8.10. The van der Waals surface area contributed by atoms with E-state index in [1.807, 2.05) is 21.1 Å². The van der Waals surface area contributed by atoms with Crippen LogP contribution >= 0.6 is 7.82 Å². The highest BCUT2D eigenvalue weighted by atomic mass is 31.2. The molecule has 0 saturated heterocycles. The molecule has 0 heterocycles. The molecule has 0 amide bonds. The number of likely N-dealkylation sites (N-methyl/N-ethyl adjacent to an activating group) is 1. The standard InChI is InChI=1S/C50H100NO7P/c1-6-8-10-12-14-16-18-20-21-22-23-24-25-26-27-28-29-30-31-33-35-37-39-41-43-50(52)58-49(48-57-59(53,54)56-46-44-51(3,4)5)47-55-45-42-40-38-36-34-32-19-17-15-13-11-9-7-2/h15,17,49H,6-14,16,18-48H2,1-5H3/b17-15-. The topological polar surface area (TPSA) is 94.1 Å². The Morgan fingerprint density at radius 3 is 1.32 bits per heavy atom. The fraction of sp³-hybridized carbons (Fsp3) is 0.940. The smallest absolute Gasteiger partial charge is 0.306 e. The van der Waals surface area contributed by atoms with Crippen LogP contribution in [0.1, 0.15) is 245 Å². The molecular weight excluding hydrogens is 758 g/mol. The van der Waals surface area contributed by atoms with Gasteiger partial charge in [0.15, 0.2) is 0 Å². The van der Waals surface area contributed by atoms with Crippen LogP contribution in [0.5, 0.6) is 0 Å². The maximum absolute atomic E-state index is 12.7. The van der Waals surface area contributed by atoms with E-state index in [2.05, 4.69) is 26.0 Å². The molecule has 0 spiro atoms. The van der Waals surface area contributed by atoms with E-state index in [0.29, 0.717) is 24.1 Å². The van der Waals surface area contributed by atoms with E-state index < -0.39 is 13.9 Å². The number of carbonyl (C=O) groups is 1. The van der Waals surface area contributed by atoms with Crippen molar-refractivity contribution in [3.05, 3.63) is 12.2 Å². The van der Waals surface area contributed by atoms with Crippen LogP contribution in [0.15, 0.2) is 12.2 Å². The first-order valence-electron chi connectivity index (χ1n) is 25.4. The Balaban J connectivity index is 4.03. The highest BCUT2D eigenvalue weighted by Crippen LogP contribution is 2.38. The third-order valence-electron chi connectivity index (χ3n) is 11.3.